The number of carbonyl (C=O) groups excluding carboxylic acids is 1. The molecular formula is C20H18ClN5O3. The number of ether oxygens (including phenoxy) is 2. The number of methoxy groups -OCH3 is 2. The summed E-state index contributed by atoms with van der Waals surface area (Å²) in [6, 6.07) is 9.67. The molecule has 8 nitrogen and oxygen atoms in total. The van der Waals surface area contributed by atoms with E-state index >= 15 is 0 Å². The van der Waals surface area contributed by atoms with Gasteiger partial charge in [-0.15, -0.1) is 0 Å². The average Bonchev–Trinajstić information content (AvgIpc) is 2.82. The van der Waals surface area contributed by atoms with Crippen LogP contribution >= 0.6 is 11.6 Å². The van der Waals surface area contributed by atoms with E-state index in [1.165, 1.54) is 0 Å². The number of hydrogen-bond donors (Lipinski definition) is 3. The van der Waals surface area contributed by atoms with Crippen LogP contribution in [0.15, 0.2) is 42.6 Å². The largest absolute Gasteiger partial charge is 0.493 e. The number of fused-ring (bicyclic) bond motifs is 3. The molecule has 1 aliphatic rings. The molecule has 0 saturated heterocycles. The van der Waals surface area contributed by atoms with Gasteiger partial charge in [0.1, 0.15) is 6.04 Å². The second-order valence-electron chi connectivity index (χ2n) is 6.35. The van der Waals surface area contributed by atoms with Gasteiger partial charge in [-0.25, -0.2) is 9.97 Å². The third-order valence-corrected chi connectivity index (χ3v) is 4.80. The summed E-state index contributed by atoms with van der Waals surface area (Å²) < 4.78 is 10.6. The zero-order valence-corrected chi connectivity index (χ0v) is 16.4. The van der Waals surface area contributed by atoms with Crippen molar-refractivity contribution in [1.29, 1.82) is 0 Å². The number of halogens is 1. The minimum Gasteiger partial charge on any atom is -0.493 e. The van der Waals surface area contributed by atoms with Crippen LogP contribution in [0, 0.1) is 0 Å². The van der Waals surface area contributed by atoms with E-state index in [0.717, 1.165) is 0 Å². The molecule has 1 atom stereocenters. The second kappa shape index (κ2) is 7.57. The monoisotopic (exact) mass is 411 g/mol. The number of nitrogens with zero attached hydrogens (tertiary/aromatic N) is 2. The van der Waals surface area contributed by atoms with Crippen LogP contribution in [0.1, 0.15) is 11.6 Å². The molecule has 4 N–H and O–H groups in total. The van der Waals surface area contributed by atoms with Crippen molar-refractivity contribution in [3.8, 4) is 22.8 Å². The Balaban J connectivity index is 1.77. The molecule has 1 aliphatic heterocycles. The lowest BCUT2D eigenvalue weighted by atomic mass is 10.0. The van der Waals surface area contributed by atoms with Crippen molar-refractivity contribution in [2.75, 3.05) is 24.9 Å². The Morgan fingerprint density at radius 3 is 2.69 bits per heavy atom. The average molecular weight is 412 g/mol. The fourth-order valence-corrected chi connectivity index (χ4v) is 3.29. The lowest BCUT2D eigenvalue weighted by molar-refractivity contribution is -0.117. The Kier molecular flexibility index (Phi) is 4.96. The van der Waals surface area contributed by atoms with E-state index < -0.39 is 6.04 Å². The van der Waals surface area contributed by atoms with Crippen molar-refractivity contribution in [2.45, 2.75) is 6.04 Å². The van der Waals surface area contributed by atoms with E-state index in [-0.39, 0.29) is 5.91 Å². The van der Waals surface area contributed by atoms with Crippen LogP contribution in [0.3, 0.4) is 0 Å². The van der Waals surface area contributed by atoms with Crippen molar-refractivity contribution in [2.24, 2.45) is 5.73 Å². The fraction of sp³-hybridized carbons (Fsp3) is 0.150. The summed E-state index contributed by atoms with van der Waals surface area (Å²) >= 11 is 6.08. The smallest absolute Gasteiger partial charge is 0.246 e. The van der Waals surface area contributed by atoms with E-state index in [2.05, 4.69) is 20.6 Å². The maximum absolute atomic E-state index is 12.4. The molecular weight excluding hydrogens is 394 g/mol. The van der Waals surface area contributed by atoms with Gasteiger partial charge in [0.15, 0.2) is 11.5 Å². The number of rotatable bonds is 4. The summed E-state index contributed by atoms with van der Waals surface area (Å²) in [5.41, 5.74) is 9.16. The summed E-state index contributed by atoms with van der Waals surface area (Å²) in [6.45, 7) is 0. The van der Waals surface area contributed by atoms with Gasteiger partial charge in [-0.2, -0.15) is 0 Å². The first-order chi connectivity index (χ1) is 14.0. The summed E-state index contributed by atoms with van der Waals surface area (Å²) in [6.07, 6.45) is 1.55. The zero-order valence-electron chi connectivity index (χ0n) is 15.7. The molecule has 2 heterocycles. The summed E-state index contributed by atoms with van der Waals surface area (Å²) in [5, 5.41) is 6.43. The van der Waals surface area contributed by atoms with E-state index in [1.54, 1.807) is 50.7 Å². The molecule has 29 heavy (non-hydrogen) atoms. The Morgan fingerprint density at radius 1 is 1.14 bits per heavy atom. The molecule has 0 fully saturated rings. The molecule has 9 heteroatoms. The molecule has 148 valence electrons. The number of nitrogens with two attached hydrogens (primary N) is 1. The number of amides is 1. The lowest BCUT2D eigenvalue weighted by Crippen LogP contribution is -2.26. The number of hydrogen-bond acceptors (Lipinski definition) is 7. The molecule has 0 saturated carbocycles. The van der Waals surface area contributed by atoms with Crippen LogP contribution in [0.5, 0.6) is 11.5 Å². The highest BCUT2D eigenvalue weighted by molar-refractivity contribution is 6.31. The van der Waals surface area contributed by atoms with Crippen molar-refractivity contribution in [3.63, 3.8) is 0 Å². The zero-order chi connectivity index (χ0) is 20.5. The molecule has 0 bridgehead atoms. The van der Waals surface area contributed by atoms with Crippen molar-refractivity contribution < 1.29 is 14.3 Å². The Labute approximate surface area is 172 Å². The normalized spacial score (nSPS) is 14.9. The predicted octanol–water partition coefficient (Wildman–Crippen LogP) is 3.51. The predicted molar refractivity (Wildman–Crippen MR) is 111 cm³/mol. The molecule has 1 amide bonds. The van der Waals surface area contributed by atoms with E-state index in [0.29, 0.717) is 50.7 Å². The molecule has 0 radical (unpaired) electrons. The highest BCUT2D eigenvalue weighted by Gasteiger charge is 2.28. The number of carbonyl (C=O) groups is 1. The van der Waals surface area contributed by atoms with Crippen LogP contribution in [0.4, 0.5) is 17.3 Å². The van der Waals surface area contributed by atoms with Gasteiger partial charge >= 0.3 is 0 Å². The summed E-state index contributed by atoms with van der Waals surface area (Å²) in [4.78, 5) is 21.3. The van der Waals surface area contributed by atoms with Gasteiger partial charge in [-0.05, 0) is 30.3 Å². The molecule has 1 aromatic heterocycles. The first-order valence-corrected chi connectivity index (χ1v) is 9.10. The first-order valence-electron chi connectivity index (χ1n) is 8.72. The number of anilines is 3. The number of aromatic nitrogens is 2. The minimum atomic E-state index is -0.897. The van der Waals surface area contributed by atoms with Crippen LogP contribution in [0.2, 0.25) is 5.02 Å². The van der Waals surface area contributed by atoms with Crippen LogP contribution in [-0.4, -0.2) is 30.1 Å². The maximum atomic E-state index is 12.4. The van der Waals surface area contributed by atoms with Crippen LogP contribution in [0.25, 0.3) is 11.3 Å². The second-order valence-corrected chi connectivity index (χ2v) is 6.79. The summed E-state index contributed by atoms with van der Waals surface area (Å²) in [5.74, 6) is 1.18. The molecule has 4 rings (SSSR count). The third-order valence-electron chi connectivity index (χ3n) is 4.57. The Morgan fingerprint density at radius 2 is 1.93 bits per heavy atom. The standard InChI is InChI=1S/C20H18ClN5O3/c1-28-15-6-4-11(8-16(15)29-2)24-20-23-9-13-17(22)19(27)25-14-7-10(21)3-5-12(14)18(13)26-20/h3-9,17H,22H2,1-2H3,(H,25,27)(H,23,24,26). The van der Waals surface area contributed by atoms with Gasteiger partial charge in [-0.3, -0.25) is 4.79 Å². The quantitative estimate of drug-likeness (QED) is 0.602. The van der Waals surface area contributed by atoms with Crippen molar-refractivity contribution in [1.82, 2.24) is 9.97 Å². The molecule has 3 aromatic rings. The number of benzene rings is 2. The lowest BCUT2D eigenvalue weighted by Gasteiger charge is -2.13. The van der Waals surface area contributed by atoms with E-state index in [9.17, 15) is 4.79 Å². The minimum absolute atomic E-state index is 0.346. The first kappa shape index (κ1) is 19.0. The van der Waals surface area contributed by atoms with E-state index in [4.69, 9.17) is 26.8 Å². The topological polar surface area (TPSA) is 111 Å². The highest BCUT2D eigenvalue weighted by Crippen LogP contribution is 2.37. The Bertz CT molecular complexity index is 1110. The Hall–Kier alpha value is -3.36. The van der Waals surface area contributed by atoms with Gasteiger partial charge in [0, 0.05) is 34.1 Å². The SMILES string of the molecule is COc1ccc(Nc2ncc3c(n2)-c2ccc(Cl)cc2NC(=O)C3N)cc1OC. The molecule has 0 aliphatic carbocycles. The summed E-state index contributed by atoms with van der Waals surface area (Å²) in [7, 11) is 3.14. The van der Waals surface area contributed by atoms with Crippen LogP contribution in [-0.2, 0) is 4.79 Å². The maximum Gasteiger partial charge on any atom is 0.246 e. The van der Waals surface area contributed by atoms with Gasteiger partial charge < -0.3 is 25.8 Å². The van der Waals surface area contributed by atoms with Gasteiger partial charge in [-0.1, -0.05) is 11.6 Å². The third kappa shape index (κ3) is 3.55. The molecule has 1 unspecified atom stereocenters. The van der Waals surface area contributed by atoms with Gasteiger partial charge in [0.25, 0.3) is 0 Å². The highest BCUT2D eigenvalue weighted by atomic mass is 35.5. The van der Waals surface area contributed by atoms with Crippen molar-refractivity contribution >= 4 is 34.8 Å². The van der Waals surface area contributed by atoms with Crippen LogP contribution < -0.4 is 25.8 Å². The van der Waals surface area contributed by atoms with Gasteiger partial charge in [0.05, 0.1) is 25.6 Å². The fourth-order valence-electron chi connectivity index (χ4n) is 3.12. The van der Waals surface area contributed by atoms with E-state index in [1.807, 2.05) is 6.07 Å². The number of nitrogens with one attached hydrogen (secondary N) is 2. The van der Waals surface area contributed by atoms with Crippen molar-refractivity contribution in [3.05, 3.63) is 53.2 Å². The molecule has 0 spiro atoms. The van der Waals surface area contributed by atoms with Gasteiger partial charge in [0.2, 0.25) is 11.9 Å². The molecule has 2 aromatic carbocycles.